The first kappa shape index (κ1) is 11.0. The molecule has 1 aromatic carbocycles. The zero-order chi connectivity index (χ0) is 12.7. The van der Waals surface area contributed by atoms with Gasteiger partial charge in [-0.25, -0.2) is 9.97 Å². The van der Waals surface area contributed by atoms with Gasteiger partial charge in [-0.2, -0.15) is 0 Å². The zero-order valence-electron chi connectivity index (χ0n) is 10.9. The molecule has 0 saturated heterocycles. The van der Waals surface area contributed by atoms with Crippen molar-refractivity contribution in [3.05, 3.63) is 41.2 Å². The quantitative estimate of drug-likeness (QED) is 0.846. The molecular formula is C16H17N3. The van der Waals surface area contributed by atoms with Gasteiger partial charge >= 0.3 is 0 Å². The number of benzene rings is 1. The summed E-state index contributed by atoms with van der Waals surface area (Å²) in [4.78, 5) is 9.28. The van der Waals surface area contributed by atoms with Crippen molar-refractivity contribution in [3.63, 3.8) is 0 Å². The van der Waals surface area contributed by atoms with Crippen LogP contribution in [0.25, 0.3) is 11.4 Å². The van der Waals surface area contributed by atoms with Crippen LogP contribution in [0.15, 0.2) is 24.4 Å². The second-order valence-electron chi connectivity index (χ2n) is 5.42. The highest BCUT2D eigenvalue weighted by molar-refractivity contribution is 5.64. The lowest BCUT2D eigenvalue weighted by Crippen LogP contribution is -2.11. The Labute approximate surface area is 113 Å². The van der Waals surface area contributed by atoms with E-state index in [4.69, 9.17) is 4.98 Å². The summed E-state index contributed by atoms with van der Waals surface area (Å²) in [7, 11) is 0. The smallest absolute Gasteiger partial charge is 0.159 e. The Morgan fingerprint density at radius 1 is 1.00 bits per heavy atom. The first-order chi connectivity index (χ1) is 9.40. The van der Waals surface area contributed by atoms with Crippen molar-refractivity contribution in [1.82, 2.24) is 9.97 Å². The van der Waals surface area contributed by atoms with Crippen molar-refractivity contribution in [3.8, 4) is 11.4 Å². The van der Waals surface area contributed by atoms with Gasteiger partial charge < -0.3 is 5.32 Å². The maximum absolute atomic E-state index is 4.74. The van der Waals surface area contributed by atoms with E-state index < -0.39 is 0 Å². The molecule has 0 atom stereocenters. The third-order valence-electron chi connectivity index (χ3n) is 4.12. The molecule has 4 rings (SSSR count). The van der Waals surface area contributed by atoms with Crippen LogP contribution in [-0.2, 0) is 19.3 Å². The second kappa shape index (κ2) is 4.34. The number of nitrogens with one attached hydrogen (secondary N) is 1. The minimum Gasteiger partial charge on any atom is -0.385 e. The van der Waals surface area contributed by atoms with Crippen LogP contribution in [0.5, 0.6) is 0 Å². The number of hydrogen-bond donors (Lipinski definition) is 1. The van der Waals surface area contributed by atoms with Gasteiger partial charge in [0.2, 0.25) is 0 Å². The van der Waals surface area contributed by atoms with Crippen molar-refractivity contribution >= 4 is 5.69 Å². The minimum absolute atomic E-state index is 0.883. The van der Waals surface area contributed by atoms with E-state index in [1.54, 1.807) is 0 Å². The first-order valence-electron chi connectivity index (χ1n) is 7.12. The van der Waals surface area contributed by atoms with Crippen LogP contribution in [0.4, 0.5) is 5.69 Å². The molecule has 0 fully saturated rings. The van der Waals surface area contributed by atoms with Crippen molar-refractivity contribution in [1.29, 1.82) is 0 Å². The Kier molecular flexibility index (Phi) is 2.50. The standard InChI is InChI=1S/C16H17N3/c1-3-13-10-18-16(19-15(13)5-1)12-6-7-14-11(9-12)4-2-8-17-14/h6-7,9-10,17H,1-5,8H2. The summed E-state index contributed by atoms with van der Waals surface area (Å²) in [6.45, 7) is 1.09. The van der Waals surface area contributed by atoms with Gasteiger partial charge in [-0.05, 0) is 61.4 Å². The molecule has 2 heterocycles. The van der Waals surface area contributed by atoms with Crippen molar-refractivity contribution in [2.24, 2.45) is 0 Å². The average molecular weight is 251 g/mol. The lowest BCUT2D eigenvalue weighted by molar-refractivity contribution is 0.830. The molecule has 1 aromatic heterocycles. The summed E-state index contributed by atoms with van der Waals surface area (Å²) < 4.78 is 0. The molecule has 0 unspecified atom stereocenters. The van der Waals surface area contributed by atoms with Crippen molar-refractivity contribution in [2.75, 3.05) is 11.9 Å². The van der Waals surface area contributed by atoms with E-state index in [1.807, 2.05) is 6.20 Å². The molecule has 19 heavy (non-hydrogen) atoms. The molecule has 2 aromatic rings. The normalized spacial score (nSPS) is 16.6. The molecule has 96 valence electrons. The van der Waals surface area contributed by atoms with E-state index in [0.29, 0.717) is 0 Å². The fourth-order valence-electron chi connectivity index (χ4n) is 3.07. The Hall–Kier alpha value is -1.90. The maximum atomic E-state index is 4.74. The molecule has 0 amide bonds. The van der Waals surface area contributed by atoms with E-state index in [9.17, 15) is 0 Å². The minimum atomic E-state index is 0.883. The van der Waals surface area contributed by atoms with Crippen LogP contribution in [-0.4, -0.2) is 16.5 Å². The van der Waals surface area contributed by atoms with Gasteiger partial charge in [-0.3, -0.25) is 0 Å². The lowest BCUT2D eigenvalue weighted by atomic mass is 10.0. The largest absolute Gasteiger partial charge is 0.385 e. The van der Waals surface area contributed by atoms with E-state index in [0.717, 1.165) is 37.2 Å². The third kappa shape index (κ3) is 1.89. The Bertz CT molecular complexity index is 634. The van der Waals surface area contributed by atoms with E-state index in [-0.39, 0.29) is 0 Å². The summed E-state index contributed by atoms with van der Waals surface area (Å²) >= 11 is 0. The molecular weight excluding hydrogens is 234 g/mol. The molecule has 1 aliphatic heterocycles. The van der Waals surface area contributed by atoms with Gasteiger partial charge in [0.25, 0.3) is 0 Å². The molecule has 1 N–H and O–H groups in total. The predicted molar refractivity (Wildman–Crippen MR) is 76.3 cm³/mol. The first-order valence-corrected chi connectivity index (χ1v) is 7.12. The van der Waals surface area contributed by atoms with Crippen molar-refractivity contribution in [2.45, 2.75) is 32.1 Å². The van der Waals surface area contributed by atoms with Crippen LogP contribution < -0.4 is 5.32 Å². The number of aryl methyl sites for hydroxylation is 3. The highest BCUT2D eigenvalue weighted by atomic mass is 14.9. The van der Waals surface area contributed by atoms with Gasteiger partial charge in [0.05, 0.1) is 0 Å². The summed E-state index contributed by atoms with van der Waals surface area (Å²) in [5.74, 6) is 0.883. The summed E-state index contributed by atoms with van der Waals surface area (Å²) in [6, 6.07) is 6.55. The number of fused-ring (bicyclic) bond motifs is 2. The molecule has 0 saturated carbocycles. The summed E-state index contributed by atoms with van der Waals surface area (Å²) in [6.07, 6.45) is 7.85. The van der Waals surface area contributed by atoms with Crippen LogP contribution in [0, 0.1) is 0 Å². The molecule has 1 aliphatic carbocycles. The molecule has 3 nitrogen and oxygen atoms in total. The van der Waals surface area contributed by atoms with Crippen LogP contribution in [0.1, 0.15) is 29.7 Å². The molecule has 2 aliphatic rings. The van der Waals surface area contributed by atoms with Gasteiger partial charge in [-0.1, -0.05) is 0 Å². The van der Waals surface area contributed by atoms with Crippen molar-refractivity contribution < 1.29 is 0 Å². The van der Waals surface area contributed by atoms with Gasteiger partial charge in [0.15, 0.2) is 5.82 Å². The number of rotatable bonds is 1. The zero-order valence-corrected chi connectivity index (χ0v) is 10.9. The molecule has 0 bridgehead atoms. The highest BCUT2D eigenvalue weighted by Crippen LogP contribution is 2.28. The van der Waals surface area contributed by atoms with Gasteiger partial charge in [0.1, 0.15) is 0 Å². The number of nitrogens with zero attached hydrogens (tertiary/aromatic N) is 2. The highest BCUT2D eigenvalue weighted by Gasteiger charge is 2.15. The lowest BCUT2D eigenvalue weighted by Gasteiger charge is -2.18. The van der Waals surface area contributed by atoms with E-state index in [1.165, 1.54) is 35.3 Å². The number of anilines is 1. The average Bonchev–Trinajstić information content (AvgIpc) is 2.94. The monoisotopic (exact) mass is 251 g/mol. The van der Waals surface area contributed by atoms with E-state index in [2.05, 4.69) is 28.5 Å². The van der Waals surface area contributed by atoms with Crippen LogP contribution in [0.2, 0.25) is 0 Å². The van der Waals surface area contributed by atoms with Crippen LogP contribution in [0.3, 0.4) is 0 Å². The summed E-state index contributed by atoms with van der Waals surface area (Å²) in [5.41, 5.74) is 6.41. The predicted octanol–water partition coefficient (Wildman–Crippen LogP) is 2.99. The topological polar surface area (TPSA) is 37.8 Å². The number of hydrogen-bond acceptors (Lipinski definition) is 3. The molecule has 0 spiro atoms. The van der Waals surface area contributed by atoms with Crippen LogP contribution >= 0.6 is 0 Å². The number of aromatic nitrogens is 2. The Morgan fingerprint density at radius 2 is 1.95 bits per heavy atom. The molecule has 0 radical (unpaired) electrons. The fourth-order valence-corrected chi connectivity index (χ4v) is 3.07. The summed E-state index contributed by atoms with van der Waals surface area (Å²) in [5, 5.41) is 3.44. The van der Waals surface area contributed by atoms with Gasteiger partial charge in [-0.15, -0.1) is 0 Å². The fraction of sp³-hybridized carbons (Fsp3) is 0.375. The van der Waals surface area contributed by atoms with E-state index >= 15 is 0 Å². The SMILES string of the molecule is c1cc2c(cc1-c1ncc3c(n1)CCC3)CCCN2. The second-order valence-corrected chi connectivity index (χ2v) is 5.42. The van der Waals surface area contributed by atoms with Gasteiger partial charge in [0, 0.05) is 29.7 Å². The maximum Gasteiger partial charge on any atom is 0.159 e. The third-order valence-corrected chi connectivity index (χ3v) is 4.12. The Morgan fingerprint density at radius 3 is 2.95 bits per heavy atom. The molecule has 3 heteroatoms. The Balaban J connectivity index is 1.76.